The second-order valence-corrected chi connectivity index (χ2v) is 9.29. The minimum absolute atomic E-state index is 0.0531. The molecule has 0 aliphatic carbocycles. The van der Waals surface area contributed by atoms with Crippen molar-refractivity contribution in [2.24, 2.45) is 0 Å². The van der Waals surface area contributed by atoms with Crippen LogP contribution in [0.15, 0.2) is 54.7 Å². The number of benzene rings is 2. The van der Waals surface area contributed by atoms with Crippen LogP contribution in [0.25, 0.3) is 0 Å². The van der Waals surface area contributed by atoms with E-state index < -0.39 is 23.6 Å². The minimum atomic E-state index is -1.05. The van der Waals surface area contributed by atoms with E-state index in [9.17, 15) is 19.2 Å². The van der Waals surface area contributed by atoms with E-state index in [1.165, 1.54) is 7.05 Å². The van der Waals surface area contributed by atoms with Crippen LogP contribution in [0.1, 0.15) is 11.1 Å². The van der Waals surface area contributed by atoms with Crippen molar-refractivity contribution >= 4 is 52.5 Å². The fourth-order valence-corrected chi connectivity index (χ4v) is 4.27. The van der Waals surface area contributed by atoms with Crippen LogP contribution in [0.3, 0.4) is 0 Å². The zero-order valence-corrected chi connectivity index (χ0v) is 22.0. The zero-order chi connectivity index (χ0) is 28.2. The second kappa shape index (κ2) is 11.4. The molecule has 206 valence electrons. The van der Waals surface area contributed by atoms with E-state index in [0.29, 0.717) is 36.1 Å². The molecule has 0 saturated carbocycles. The van der Waals surface area contributed by atoms with Gasteiger partial charge in [0.15, 0.2) is 0 Å². The zero-order valence-electron chi connectivity index (χ0n) is 22.0. The van der Waals surface area contributed by atoms with E-state index in [2.05, 4.69) is 30.8 Å². The van der Waals surface area contributed by atoms with Gasteiger partial charge in [-0.1, -0.05) is 18.2 Å². The van der Waals surface area contributed by atoms with Gasteiger partial charge < -0.3 is 25.6 Å². The van der Waals surface area contributed by atoms with Gasteiger partial charge in [0.1, 0.15) is 5.82 Å². The molecule has 3 heterocycles. The SMILES string of the molecule is Cc1ccc(NC(=O)Nc2ccc(CN3C(=O)C(=O)C(=O)N3C)cc2)cc1Nc1nccc(N2CCOCC2)n1. The van der Waals surface area contributed by atoms with Crippen molar-refractivity contribution in [2.45, 2.75) is 13.5 Å². The number of rotatable bonds is 7. The number of nitrogens with one attached hydrogen (secondary N) is 3. The molecule has 0 spiro atoms. The van der Waals surface area contributed by atoms with Gasteiger partial charge in [-0.25, -0.2) is 19.8 Å². The lowest BCUT2D eigenvalue weighted by atomic mass is 10.2. The van der Waals surface area contributed by atoms with Gasteiger partial charge in [-0.05, 0) is 48.4 Å². The first-order valence-corrected chi connectivity index (χ1v) is 12.6. The minimum Gasteiger partial charge on any atom is -0.378 e. The van der Waals surface area contributed by atoms with Gasteiger partial charge in [-0.3, -0.25) is 14.4 Å². The summed E-state index contributed by atoms with van der Waals surface area (Å²) in [5.74, 6) is -1.51. The largest absolute Gasteiger partial charge is 0.378 e. The van der Waals surface area contributed by atoms with Crippen LogP contribution >= 0.6 is 0 Å². The third-order valence-electron chi connectivity index (χ3n) is 6.54. The molecule has 2 saturated heterocycles. The van der Waals surface area contributed by atoms with Gasteiger partial charge in [0, 0.05) is 43.4 Å². The van der Waals surface area contributed by atoms with E-state index in [-0.39, 0.29) is 6.54 Å². The Bertz CT molecular complexity index is 1460. The van der Waals surface area contributed by atoms with Crippen LogP contribution in [0, 0.1) is 6.92 Å². The molecule has 0 bridgehead atoms. The Morgan fingerprint density at radius 1 is 0.950 bits per heavy atom. The van der Waals surface area contributed by atoms with Crippen LogP contribution in [0.5, 0.6) is 0 Å². The third-order valence-corrected chi connectivity index (χ3v) is 6.54. The summed E-state index contributed by atoms with van der Waals surface area (Å²) in [4.78, 5) is 59.0. The number of ether oxygens (including phenoxy) is 1. The molecule has 2 fully saturated rings. The maximum absolute atomic E-state index is 12.7. The van der Waals surface area contributed by atoms with Crippen molar-refractivity contribution in [1.29, 1.82) is 0 Å². The maximum atomic E-state index is 12.7. The number of hydrogen-bond acceptors (Lipinski definition) is 9. The predicted molar refractivity (Wildman–Crippen MR) is 147 cm³/mol. The number of hydrogen-bond donors (Lipinski definition) is 3. The molecular formula is C27H28N8O5. The highest BCUT2D eigenvalue weighted by Crippen LogP contribution is 2.24. The average molecular weight is 545 g/mol. The lowest BCUT2D eigenvalue weighted by molar-refractivity contribution is -0.145. The average Bonchev–Trinajstić information content (AvgIpc) is 3.14. The molecule has 4 amide bonds. The number of anilines is 5. The van der Waals surface area contributed by atoms with Crippen LogP contribution in [0.4, 0.5) is 33.6 Å². The molecule has 2 aliphatic rings. The van der Waals surface area contributed by atoms with Crippen LogP contribution in [0.2, 0.25) is 0 Å². The van der Waals surface area contributed by atoms with Crippen LogP contribution < -0.4 is 20.9 Å². The number of aromatic nitrogens is 2. The van der Waals surface area contributed by atoms with Crippen molar-refractivity contribution in [2.75, 3.05) is 54.2 Å². The summed E-state index contributed by atoms with van der Waals surface area (Å²) in [5.41, 5.74) is 3.47. The predicted octanol–water partition coefficient (Wildman–Crippen LogP) is 2.29. The van der Waals surface area contributed by atoms with Gasteiger partial charge >= 0.3 is 23.6 Å². The first-order chi connectivity index (χ1) is 19.3. The van der Waals surface area contributed by atoms with Gasteiger partial charge in [-0.2, -0.15) is 4.98 Å². The molecular weight excluding hydrogens is 516 g/mol. The van der Waals surface area contributed by atoms with E-state index in [0.717, 1.165) is 40.2 Å². The molecule has 0 radical (unpaired) electrons. The number of ketones is 1. The lowest BCUT2D eigenvalue weighted by Crippen LogP contribution is -2.37. The maximum Gasteiger partial charge on any atom is 0.323 e. The van der Waals surface area contributed by atoms with Crippen molar-refractivity contribution in [3.63, 3.8) is 0 Å². The van der Waals surface area contributed by atoms with E-state index in [1.54, 1.807) is 42.6 Å². The number of Topliss-reactive ketones (excluding diaryl/α,β-unsaturated/α-hetero) is 1. The summed E-state index contributed by atoms with van der Waals surface area (Å²) < 4.78 is 5.41. The molecule has 0 unspecified atom stereocenters. The standard InChI is InChI=1S/C27H28N8O5/c1-17-3-6-20(15-21(17)31-26-28-10-9-22(32-26)34-11-13-40-14-12-34)30-27(39)29-19-7-4-18(5-8-19)16-35-25(38)23(36)24(37)33(35)2/h3-10,15H,11-14,16H2,1-2H3,(H,28,31,32)(H2,29,30,39). The molecule has 40 heavy (non-hydrogen) atoms. The summed E-state index contributed by atoms with van der Waals surface area (Å²) in [6.07, 6.45) is 1.70. The van der Waals surface area contributed by atoms with Crippen molar-refractivity contribution in [3.05, 3.63) is 65.9 Å². The van der Waals surface area contributed by atoms with E-state index in [1.807, 2.05) is 19.1 Å². The number of likely N-dealkylation sites (N-methyl/N-ethyl adjacent to an activating group) is 1. The van der Waals surface area contributed by atoms with Crippen molar-refractivity contribution in [3.8, 4) is 0 Å². The summed E-state index contributed by atoms with van der Waals surface area (Å²) in [5, 5.41) is 10.9. The topological polar surface area (TPSA) is 149 Å². The number of amides is 4. The molecule has 3 aromatic rings. The van der Waals surface area contributed by atoms with E-state index >= 15 is 0 Å². The lowest BCUT2D eigenvalue weighted by Gasteiger charge is -2.27. The van der Waals surface area contributed by atoms with Gasteiger partial charge in [0.25, 0.3) is 0 Å². The summed E-state index contributed by atoms with van der Waals surface area (Å²) in [6.45, 7) is 4.85. The molecule has 13 nitrogen and oxygen atoms in total. The quantitative estimate of drug-likeness (QED) is 0.381. The van der Waals surface area contributed by atoms with Gasteiger partial charge in [0.05, 0.1) is 19.8 Å². The first-order valence-electron chi connectivity index (χ1n) is 12.6. The molecule has 3 N–H and O–H groups in total. The third kappa shape index (κ3) is 5.83. The Morgan fingerprint density at radius 2 is 1.65 bits per heavy atom. The fraction of sp³-hybridized carbons (Fsp3) is 0.259. The Labute approximate surface area is 230 Å². The van der Waals surface area contributed by atoms with Gasteiger partial charge in [0.2, 0.25) is 5.95 Å². The van der Waals surface area contributed by atoms with Gasteiger partial charge in [-0.15, -0.1) is 0 Å². The van der Waals surface area contributed by atoms with Crippen LogP contribution in [-0.2, 0) is 25.7 Å². The smallest absolute Gasteiger partial charge is 0.323 e. The highest BCUT2D eigenvalue weighted by atomic mass is 16.5. The molecule has 2 aromatic carbocycles. The second-order valence-electron chi connectivity index (χ2n) is 9.29. The number of hydrazine groups is 1. The van der Waals surface area contributed by atoms with Crippen molar-refractivity contribution < 1.29 is 23.9 Å². The number of carbonyl (C=O) groups excluding carboxylic acids is 4. The number of morpholine rings is 1. The Hall–Kier alpha value is -5.04. The number of urea groups is 1. The Morgan fingerprint density at radius 3 is 2.35 bits per heavy atom. The number of nitrogens with zero attached hydrogens (tertiary/aromatic N) is 5. The first kappa shape index (κ1) is 26.6. The molecule has 5 rings (SSSR count). The number of carbonyl (C=O) groups is 4. The Balaban J connectivity index is 1.19. The summed E-state index contributed by atoms with van der Waals surface area (Å²) >= 11 is 0. The molecule has 13 heteroatoms. The highest BCUT2D eigenvalue weighted by molar-refractivity contribution is 6.65. The molecule has 0 atom stereocenters. The highest BCUT2D eigenvalue weighted by Gasteiger charge is 2.42. The molecule has 1 aromatic heterocycles. The monoisotopic (exact) mass is 544 g/mol. The van der Waals surface area contributed by atoms with Crippen LogP contribution in [-0.4, -0.2) is 77.0 Å². The molecule has 2 aliphatic heterocycles. The van der Waals surface area contributed by atoms with E-state index in [4.69, 9.17) is 4.74 Å². The number of aryl methyl sites for hydroxylation is 1. The normalized spacial score (nSPS) is 15.4. The Kier molecular flexibility index (Phi) is 7.55. The summed E-state index contributed by atoms with van der Waals surface area (Å²) in [7, 11) is 1.37. The fourth-order valence-electron chi connectivity index (χ4n) is 4.27. The summed E-state index contributed by atoms with van der Waals surface area (Å²) in [6, 6.07) is 13.6. The van der Waals surface area contributed by atoms with Crippen molar-refractivity contribution in [1.82, 2.24) is 20.0 Å².